The molecule has 0 unspecified atom stereocenters. The van der Waals surface area contributed by atoms with Crippen molar-refractivity contribution in [2.45, 2.75) is 6.54 Å². The highest BCUT2D eigenvalue weighted by Crippen LogP contribution is 2.17. The Kier molecular flexibility index (Phi) is 3.18. The molecule has 0 saturated carbocycles. The van der Waals surface area contributed by atoms with Gasteiger partial charge in [-0.1, -0.05) is 6.07 Å². The zero-order valence-electron chi connectivity index (χ0n) is 8.92. The summed E-state index contributed by atoms with van der Waals surface area (Å²) < 4.78 is 0. The number of hydrogen-bond acceptors (Lipinski definition) is 4. The van der Waals surface area contributed by atoms with Crippen LogP contribution in [0.1, 0.15) is 10.6 Å². The molecule has 0 bridgehead atoms. The first-order chi connectivity index (χ1) is 7.79. The van der Waals surface area contributed by atoms with Gasteiger partial charge in [0.2, 0.25) is 0 Å². The molecule has 4 heteroatoms. The van der Waals surface area contributed by atoms with Crippen LogP contribution in [0.3, 0.4) is 0 Å². The molecule has 2 rings (SSSR count). The molecule has 0 N–H and O–H groups in total. The van der Waals surface area contributed by atoms with E-state index in [1.807, 2.05) is 25.2 Å². The van der Waals surface area contributed by atoms with E-state index in [0.717, 1.165) is 12.2 Å². The van der Waals surface area contributed by atoms with E-state index in [2.05, 4.69) is 21.3 Å². The predicted octanol–water partition coefficient (Wildman–Crippen LogP) is 2.65. The van der Waals surface area contributed by atoms with Crippen molar-refractivity contribution in [1.82, 2.24) is 4.98 Å². The van der Waals surface area contributed by atoms with Crippen molar-refractivity contribution >= 4 is 17.0 Å². The summed E-state index contributed by atoms with van der Waals surface area (Å²) in [5.41, 5.74) is 1.47. The molecule has 16 heavy (non-hydrogen) atoms. The first-order valence-electron chi connectivity index (χ1n) is 4.89. The van der Waals surface area contributed by atoms with Gasteiger partial charge in [-0.15, -0.1) is 11.3 Å². The lowest BCUT2D eigenvalue weighted by molar-refractivity contribution is 0.936. The van der Waals surface area contributed by atoms with Gasteiger partial charge < -0.3 is 4.90 Å². The zero-order valence-corrected chi connectivity index (χ0v) is 9.74. The van der Waals surface area contributed by atoms with E-state index in [4.69, 9.17) is 5.26 Å². The highest BCUT2D eigenvalue weighted by molar-refractivity contribution is 7.09. The molecular formula is C12H11N3S. The van der Waals surface area contributed by atoms with Crippen LogP contribution < -0.4 is 4.90 Å². The minimum absolute atomic E-state index is 0.454. The lowest BCUT2D eigenvalue weighted by Crippen LogP contribution is -2.15. The van der Waals surface area contributed by atoms with Crippen LogP contribution in [0.25, 0.3) is 0 Å². The number of pyridine rings is 1. The van der Waals surface area contributed by atoms with E-state index in [1.54, 1.807) is 23.6 Å². The van der Waals surface area contributed by atoms with Crippen molar-refractivity contribution in [3.63, 3.8) is 0 Å². The molecular weight excluding hydrogens is 218 g/mol. The molecule has 0 amide bonds. The molecule has 0 saturated heterocycles. The Morgan fingerprint density at radius 3 is 3.06 bits per heavy atom. The summed E-state index contributed by atoms with van der Waals surface area (Å²) in [4.78, 5) is 7.36. The number of aromatic nitrogens is 1. The van der Waals surface area contributed by atoms with Crippen LogP contribution in [-0.4, -0.2) is 12.0 Å². The van der Waals surface area contributed by atoms with Gasteiger partial charge in [-0.2, -0.15) is 5.26 Å². The first-order valence-corrected chi connectivity index (χ1v) is 5.77. The Labute approximate surface area is 98.6 Å². The van der Waals surface area contributed by atoms with Crippen molar-refractivity contribution in [1.29, 1.82) is 5.26 Å². The maximum Gasteiger partial charge on any atom is 0.142 e. The van der Waals surface area contributed by atoms with E-state index >= 15 is 0 Å². The third-order valence-corrected chi connectivity index (χ3v) is 3.13. The van der Waals surface area contributed by atoms with E-state index < -0.39 is 0 Å². The van der Waals surface area contributed by atoms with E-state index in [0.29, 0.717) is 5.69 Å². The average molecular weight is 229 g/mol. The number of thiophene rings is 1. The summed E-state index contributed by atoms with van der Waals surface area (Å²) in [6.45, 7) is 0.854. The number of anilines is 1. The van der Waals surface area contributed by atoms with E-state index in [-0.39, 0.29) is 0 Å². The molecule has 0 aliphatic heterocycles. The number of nitriles is 1. The van der Waals surface area contributed by atoms with E-state index in [1.165, 1.54) is 4.88 Å². The van der Waals surface area contributed by atoms with E-state index in [9.17, 15) is 0 Å². The number of rotatable bonds is 3. The molecule has 0 spiro atoms. The third-order valence-electron chi connectivity index (χ3n) is 2.27. The van der Waals surface area contributed by atoms with Crippen LogP contribution in [0.5, 0.6) is 0 Å². The fourth-order valence-electron chi connectivity index (χ4n) is 1.45. The van der Waals surface area contributed by atoms with Crippen LogP contribution in [0.2, 0.25) is 0 Å². The Hall–Kier alpha value is -1.86. The zero-order chi connectivity index (χ0) is 11.4. The van der Waals surface area contributed by atoms with Crippen LogP contribution >= 0.6 is 11.3 Å². The van der Waals surface area contributed by atoms with Crippen molar-refractivity contribution < 1.29 is 0 Å². The third kappa shape index (κ3) is 2.38. The molecule has 2 aromatic rings. The van der Waals surface area contributed by atoms with Gasteiger partial charge in [-0.25, -0.2) is 4.98 Å². The SMILES string of the molecule is CN(Cc1cccs1)c1ccnc(C#N)c1. The maximum absolute atomic E-state index is 8.77. The van der Waals surface area contributed by atoms with Crippen molar-refractivity contribution in [2.24, 2.45) is 0 Å². The molecule has 0 aliphatic rings. The second kappa shape index (κ2) is 4.77. The largest absolute Gasteiger partial charge is 0.369 e. The summed E-state index contributed by atoms with van der Waals surface area (Å²) in [5, 5.41) is 10.8. The van der Waals surface area contributed by atoms with Gasteiger partial charge in [0.25, 0.3) is 0 Å². The summed E-state index contributed by atoms with van der Waals surface area (Å²) in [6, 6.07) is 9.90. The monoisotopic (exact) mass is 229 g/mol. The topological polar surface area (TPSA) is 39.9 Å². The first kappa shape index (κ1) is 10.7. The highest BCUT2D eigenvalue weighted by atomic mass is 32.1. The molecule has 0 atom stereocenters. The smallest absolute Gasteiger partial charge is 0.142 e. The van der Waals surface area contributed by atoms with Crippen molar-refractivity contribution in [2.75, 3.05) is 11.9 Å². The van der Waals surface area contributed by atoms with Gasteiger partial charge in [0.1, 0.15) is 11.8 Å². The Bertz CT molecular complexity index is 499. The van der Waals surface area contributed by atoms with Gasteiger partial charge >= 0.3 is 0 Å². The predicted molar refractivity (Wildman–Crippen MR) is 65.4 cm³/mol. The Balaban J connectivity index is 2.15. The molecule has 0 aliphatic carbocycles. The lowest BCUT2D eigenvalue weighted by atomic mass is 10.3. The van der Waals surface area contributed by atoms with Crippen LogP contribution in [0.4, 0.5) is 5.69 Å². The van der Waals surface area contributed by atoms with Gasteiger partial charge in [0.05, 0.1) is 6.54 Å². The maximum atomic E-state index is 8.77. The molecule has 0 aromatic carbocycles. The molecule has 0 radical (unpaired) electrons. The number of nitrogens with zero attached hydrogens (tertiary/aromatic N) is 3. The van der Waals surface area contributed by atoms with Gasteiger partial charge in [-0.05, 0) is 23.6 Å². The standard InChI is InChI=1S/C12H11N3S/c1-15(9-12-3-2-6-16-12)11-4-5-14-10(7-11)8-13/h2-7H,9H2,1H3. The second-order valence-corrected chi connectivity index (χ2v) is 4.48. The van der Waals surface area contributed by atoms with Crippen LogP contribution in [0, 0.1) is 11.3 Å². The second-order valence-electron chi connectivity index (χ2n) is 3.45. The Morgan fingerprint density at radius 2 is 2.38 bits per heavy atom. The minimum atomic E-state index is 0.454. The number of hydrogen-bond donors (Lipinski definition) is 0. The molecule has 3 nitrogen and oxygen atoms in total. The average Bonchev–Trinajstić information content (AvgIpc) is 2.82. The fourth-order valence-corrected chi connectivity index (χ4v) is 2.20. The summed E-state index contributed by atoms with van der Waals surface area (Å²) in [7, 11) is 2.01. The molecule has 2 aromatic heterocycles. The fraction of sp³-hybridized carbons (Fsp3) is 0.167. The normalized spacial score (nSPS) is 9.75. The molecule has 2 heterocycles. The highest BCUT2D eigenvalue weighted by Gasteiger charge is 2.04. The summed E-state index contributed by atoms with van der Waals surface area (Å²) >= 11 is 1.73. The summed E-state index contributed by atoms with van der Waals surface area (Å²) in [6.07, 6.45) is 1.67. The quantitative estimate of drug-likeness (QED) is 0.812. The summed E-state index contributed by atoms with van der Waals surface area (Å²) in [5.74, 6) is 0. The lowest BCUT2D eigenvalue weighted by Gasteiger charge is -2.18. The molecule has 80 valence electrons. The Morgan fingerprint density at radius 1 is 1.50 bits per heavy atom. The van der Waals surface area contributed by atoms with Crippen molar-refractivity contribution in [3.8, 4) is 6.07 Å². The van der Waals surface area contributed by atoms with Gasteiger partial charge in [0, 0.05) is 23.8 Å². The van der Waals surface area contributed by atoms with Crippen molar-refractivity contribution in [3.05, 3.63) is 46.4 Å². The van der Waals surface area contributed by atoms with Crippen LogP contribution in [-0.2, 0) is 6.54 Å². The minimum Gasteiger partial charge on any atom is -0.369 e. The van der Waals surface area contributed by atoms with Gasteiger partial charge in [-0.3, -0.25) is 0 Å². The molecule has 0 fully saturated rings. The van der Waals surface area contributed by atoms with Crippen LogP contribution in [0.15, 0.2) is 35.8 Å². The van der Waals surface area contributed by atoms with Gasteiger partial charge in [0.15, 0.2) is 0 Å².